The fraction of sp³-hybridized carbons (Fsp3) is 0.0526. The Bertz CT molecular complexity index is 896. The van der Waals surface area contributed by atoms with Crippen LogP contribution in [0.1, 0.15) is 9.67 Å². The largest absolute Gasteiger partial charge is 0.325 e. The van der Waals surface area contributed by atoms with E-state index in [9.17, 15) is 9.59 Å². The Labute approximate surface area is 173 Å². The first-order valence-electron chi connectivity index (χ1n) is 7.73. The molecule has 2 N–H and O–H groups in total. The zero-order chi connectivity index (χ0) is 18.4. The van der Waals surface area contributed by atoms with Crippen LogP contribution in [0.2, 0.25) is 0 Å². The quantitative estimate of drug-likeness (QED) is 0.360. The summed E-state index contributed by atoms with van der Waals surface area (Å²) in [6.07, 6.45) is 0. The molecule has 132 valence electrons. The lowest BCUT2D eigenvalue weighted by atomic mass is 10.3. The van der Waals surface area contributed by atoms with Crippen LogP contribution >= 0.6 is 45.7 Å². The Balaban J connectivity index is 1.54. The van der Waals surface area contributed by atoms with Crippen LogP contribution in [0.4, 0.5) is 11.4 Å². The van der Waals surface area contributed by atoms with Crippen molar-refractivity contribution in [3.8, 4) is 0 Å². The lowest BCUT2D eigenvalue weighted by molar-refractivity contribution is -0.113. The minimum absolute atomic E-state index is 0.0655. The number of carbonyl (C=O) groups excluding carboxylic acids is 2. The average Bonchev–Trinajstić information content (AvgIpc) is 3.17. The van der Waals surface area contributed by atoms with E-state index in [1.807, 2.05) is 60.0 Å². The van der Waals surface area contributed by atoms with Gasteiger partial charge in [-0.05, 0) is 76.5 Å². The number of benzene rings is 2. The van der Waals surface area contributed by atoms with E-state index in [0.29, 0.717) is 16.3 Å². The smallest absolute Gasteiger partial charge is 0.265 e. The van der Waals surface area contributed by atoms with E-state index in [4.69, 9.17) is 0 Å². The van der Waals surface area contributed by atoms with Crippen LogP contribution in [0.3, 0.4) is 0 Å². The minimum atomic E-state index is -0.126. The topological polar surface area (TPSA) is 58.2 Å². The molecule has 0 bridgehead atoms. The maximum absolute atomic E-state index is 12.1. The van der Waals surface area contributed by atoms with Gasteiger partial charge in [0.05, 0.1) is 10.6 Å². The first kappa shape index (κ1) is 18.9. The maximum Gasteiger partial charge on any atom is 0.265 e. The number of halogens is 1. The summed E-state index contributed by atoms with van der Waals surface area (Å²) >= 11 is 5.05. The predicted molar refractivity (Wildman–Crippen MR) is 117 cm³/mol. The lowest BCUT2D eigenvalue weighted by Gasteiger charge is -2.07. The van der Waals surface area contributed by atoms with Gasteiger partial charge in [0.15, 0.2) is 0 Å². The molecule has 1 aromatic heterocycles. The van der Waals surface area contributed by atoms with E-state index in [1.54, 1.807) is 6.07 Å². The van der Waals surface area contributed by atoms with Gasteiger partial charge < -0.3 is 10.6 Å². The van der Waals surface area contributed by atoms with Crippen molar-refractivity contribution in [3.63, 3.8) is 0 Å². The van der Waals surface area contributed by atoms with Crippen molar-refractivity contribution in [1.82, 2.24) is 0 Å². The molecule has 0 fully saturated rings. The summed E-state index contributed by atoms with van der Waals surface area (Å²) in [5.41, 5.74) is 1.50. The summed E-state index contributed by atoms with van der Waals surface area (Å²) < 4.78 is 1.12. The van der Waals surface area contributed by atoms with E-state index < -0.39 is 0 Å². The number of hydrogen-bond acceptors (Lipinski definition) is 4. The minimum Gasteiger partial charge on any atom is -0.325 e. The molecule has 26 heavy (non-hydrogen) atoms. The maximum atomic E-state index is 12.1. The van der Waals surface area contributed by atoms with Crippen molar-refractivity contribution < 1.29 is 9.59 Å². The van der Waals surface area contributed by atoms with Crippen molar-refractivity contribution >= 4 is 68.9 Å². The van der Waals surface area contributed by atoms with Gasteiger partial charge in [-0.15, -0.1) is 23.1 Å². The summed E-state index contributed by atoms with van der Waals surface area (Å²) in [6, 6.07) is 18.8. The number of amides is 2. The molecule has 0 aliphatic heterocycles. The highest BCUT2D eigenvalue weighted by molar-refractivity contribution is 14.1. The fourth-order valence-electron chi connectivity index (χ4n) is 2.14. The first-order chi connectivity index (χ1) is 12.6. The molecular formula is C19H15IN2O2S2. The third kappa shape index (κ3) is 5.58. The molecule has 0 atom stereocenters. The molecule has 0 aliphatic carbocycles. The van der Waals surface area contributed by atoms with E-state index in [0.717, 1.165) is 14.2 Å². The predicted octanol–water partition coefficient (Wildman–Crippen LogP) is 5.34. The molecule has 2 amide bonds. The van der Waals surface area contributed by atoms with Crippen molar-refractivity contribution in [2.24, 2.45) is 0 Å². The number of anilines is 2. The average molecular weight is 494 g/mol. The highest BCUT2D eigenvalue weighted by atomic mass is 127. The molecule has 0 radical (unpaired) electrons. The zero-order valence-corrected chi connectivity index (χ0v) is 17.4. The van der Waals surface area contributed by atoms with E-state index >= 15 is 0 Å². The molecule has 2 aromatic carbocycles. The Hall–Kier alpha value is -1.84. The van der Waals surface area contributed by atoms with Crippen LogP contribution in [0.25, 0.3) is 0 Å². The summed E-state index contributed by atoms with van der Waals surface area (Å²) in [5, 5.41) is 7.62. The number of hydrogen-bond donors (Lipinski definition) is 2. The van der Waals surface area contributed by atoms with Gasteiger partial charge in [0.25, 0.3) is 5.91 Å². The summed E-state index contributed by atoms with van der Waals surface area (Å²) in [6.45, 7) is 0. The van der Waals surface area contributed by atoms with Crippen molar-refractivity contribution in [1.29, 1.82) is 0 Å². The molecule has 0 aliphatic rings. The van der Waals surface area contributed by atoms with Crippen LogP contribution in [0.5, 0.6) is 0 Å². The van der Waals surface area contributed by atoms with Crippen LogP contribution in [-0.2, 0) is 4.79 Å². The van der Waals surface area contributed by atoms with Gasteiger partial charge in [-0.1, -0.05) is 12.1 Å². The molecule has 0 spiro atoms. The van der Waals surface area contributed by atoms with Gasteiger partial charge in [-0.2, -0.15) is 0 Å². The van der Waals surface area contributed by atoms with Gasteiger partial charge in [0.1, 0.15) is 0 Å². The standard InChI is InChI=1S/C19H15IN2O2S2/c20-13-6-8-14(9-7-13)21-18(23)12-26-16-4-1-3-15(11-16)22-19(24)17-5-2-10-25-17/h1-11H,12H2,(H,21,23)(H,22,24). The molecular weight excluding hydrogens is 479 g/mol. The fourth-order valence-corrected chi connectivity index (χ4v) is 3.88. The molecule has 7 heteroatoms. The van der Waals surface area contributed by atoms with Crippen LogP contribution in [0.15, 0.2) is 70.9 Å². The molecule has 1 heterocycles. The third-order valence-corrected chi connectivity index (χ3v) is 5.92. The number of thiophene rings is 1. The Morgan fingerprint density at radius 1 is 0.962 bits per heavy atom. The summed E-state index contributed by atoms with van der Waals surface area (Å²) in [5.74, 6) is 0.108. The van der Waals surface area contributed by atoms with Gasteiger partial charge in [0, 0.05) is 19.8 Å². The number of thioether (sulfide) groups is 1. The van der Waals surface area contributed by atoms with Crippen molar-refractivity contribution in [3.05, 3.63) is 74.5 Å². The molecule has 0 saturated heterocycles. The second kappa shape index (κ2) is 9.20. The summed E-state index contributed by atoms with van der Waals surface area (Å²) in [7, 11) is 0. The van der Waals surface area contributed by atoms with E-state index in [1.165, 1.54) is 23.1 Å². The second-order valence-corrected chi connectivity index (χ2v) is 8.55. The Morgan fingerprint density at radius 2 is 1.77 bits per heavy atom. The molecule has 4 nitrogen and oxygen atoms in total. The number of rotatable bonds is 6. The summed E-state index contributed by atoms with van der Waals surface area (Å²) in [4.78, 5) is 25.8. The van der Waals surface area contributed by atoms with Crippen LogP contribution in [0, 0.1) is 3.57 Å². The van der Waals surface area contributed by atoms with Gasteiger partial charge in [0.2, 0.25) is 5.91 Å². The Kier molecular flexibility index (Phi) is 6.70. The number of carbonyl (C=O) groups is 2. The van der Waals surface area contributed by atoms with Gasteiger partial charge in [-0.25, -0.2) is 0 Å². The van der Waals surface area contributed by atoms with Crippen LogP contribution in [-0.4, -0.2) is 17.6 Å². The number of nitrogens with one attached hydrogen (secondary N) is 2. The zero-order valence-electron chi connectivity index (χ0n) is 13.6. The lowest BCUT2D eigenvalue weighted by Crippen LogP contribution is -2.14. The van der Waals surface area contributed by atoms with Crippen LogP contribution < -0.4 is 10.6 Å². The van der Waals surface area contributed by atoms with Gasteiger partial charge in [-0.3, -0.25) is 9.59 Å². The third-order valence-electron chi connectivity index (χ3n) is 3.33. The van der Waals surface area contributed by atoms with Crippen molar-refractivity contribution in [2.45, 2.75) is 4.90 Å². The molecule has 3 rings (SSSR count). The Morgan fingerprint density at radius 3 is 2.50 bits per heavy atom. The molecule has 0 unspecified atom stereocenters. The molecule has 3 aromatic rings. The highest BCUT2D eigenvalue weighted by Gasteiger charge is 2.08. The van der Waals surface area contributed by atoms with Crippen molar-refractivity contribution in [2.75, 3.05) is 16.4 Å². The normalized spacial score (nSPS) is 10.3. The second-order valence-electron chi connectivity index (χ2n) is 5.30. The first-order valence-corrected chi connectivity index (χ1v) is 10.7. The van der Waals surface area contributed by atoms with E-state index in [-0.39, 0.29) is 11.8 Å². The van der Waals surface area contributed by atoms with E-state index in [2.05, 4.69) is 33.2 Å². The molecule has 0 saturated carbocycles. The highest BCUT2D eigenvalue weighted by Crippen LogP contribution is 2.23. The van der Waals surface area contributed by atoms with Gasteiger partial charge >= 0.3 is 0 Å². The SMILES string of the molecule is O=C(CSc1cccc(NC(=O)c2cccs2)c1)Nc1ccc(I)cc1. The monoisotopic (exact) mass is 494 g/mol.